The number of anilines is 2. The second-order valence-electron chi connectivity index (χ2n) is 4.17. The first-order valence-corrected chi connectivity index (χ1v) is 5.57. The summed E-state index contributed by atoms with van der Waals surface area (Å²) in [4.78, 5) is 2.15. The van der Waals surface area contributed by atoms with E-state index in [2.05, 4.69) is 4.90 Å². The van der Waals surface area contributed by atoms with Gasteiger partial charge in [-0.1, -0.05) is 0 Å². The number of aliphatic hydroxyl groups is 1. The van der Waals surface area contributed by atoms with Crippen molar-refractivity contribution in [3.05, 3.63) is 18.2 Å². The van der Waals surface area contributed by atoms with E-state index in [0.29, 0.717) is 12.2 Å². The molecule has 0 amide bonds. The molecule has 0 bridgehead atoms. The Labute approximate surface area is 95.6 Å². The number of hydrogen-bond donors (Lipinski definition) is 2. The Morgan fingerprint density at radius 1 is 1.50 bits per heavy atom. The fraction of sp³-hybridized carbons (Fsp3) is 0.500. The van der Waals surface area contributed by atoms with Crippen LogP contribution in [0.25, 0.3) is 0 Å². The van der Waals surface area contributed by atoms with Gasteiger partial charge in [0.1, 0.15) is 5.75 Å². The lowest BCUT2D eigenvalue weighted by molar-refractivity contribution is 0.154. The predicted molar refractivity (Wildman–Crippen MR) is 64.9 cm³/mol. The number of β-amino-alcohol motifs (C(OH)–C–C–N with tert-alkyl or cyclic N) is 1. The number of benzene rings is 1. The molecular weight excluding hydrogens is 204 g/mol. The van der Waals surface area contributed by atoms with Crippen molar-refractivity contribution in [1.82, 2.24) is 0 Å². The Morgan fingerprint density at radius 2 is 2.31 bits per heavy atom. The largest absolute Gasteiger partial charge is 0.495 e. The van der Waals surface area contributed by atoms with Crippen molar-refractivity contribution in [2.24, 2.45) is 0 Å². The molecular formula is C12H18N2O2. The van der Waals surface area contributed by atoms with Gasteiger partial charge in [-0.2, -0.15) is 0 Å². The molecule has 0 aromatic heterocycles. The second-order valence-corrected chi connectivity index (χ2v) is 4.17. The topological polar surface area (TPSA) is 58.7 Å². The summed E-state index contributed by atoms with van der Waals surface area (Å²) in [6.45, 7) is 1.62. The average molecular weight is 222 g/mol. The maximum atomic E-state index is 9.65. The van der Waals surface area contributed by atoms with Gasteiger partial charge in [-0.3, -0.25) is 0 Å². The van der Waals surface area contributed by atoms with Crippen molar-refractivity contribution in [1.29, 1.82) is 0 Å². The summed E-state index contributed by atoms with van der Waals surface area (Å²) < 4.78 is 5.31. The highest BCUT2D eigenvalue weighted by molar-refractivity contribution is 5.64. The molecule has 3 N–H and O–H groups in total. The SMILES string of the molecule is COc1cc(N)ccc1N1CCC[C@@H](O)C1. The molecule has 88 valence electrons. The lowest BCUT2D eigenvalue weighted by atomic mass is 10.1. The van der Waals surface area contributed by atoms with E-state index >= 15 is 0 Å². The van der Waals surface area contributed by atoms with E-state index in [1.165, 1.54) is 0 Å². The zero-order valence-corrected chi connectivity index (χ0v) is 9.52. The summed E-state index contributed by atoms with van der Waals surface area (Å²) in [7, 11) is 1.64. The number of piperidine rings is 1. The average Bonchev–Trinajstić information content (AvgIpc) is 2.28. The van der Waals surface area contributed by atoms with Crippen molar-refractivity contribution in [3.63, 3.8) is 0 Å². The summed E-state index contributed by atoms with van der Waals surface area (Å²) in [6.07, 6.45) is 1.65. The summed E-state index contributed by atoms with van der Waals surface area (Å²) in [5, 5.41) is 9.65. The van der Waals surface area contributed by atoms with Crippen LogP contribution in [0.15, 0.2) is 18.2 Å². The molecule has 0 saturated carbocycles. The lowest BCUT2D eigenvalue weighted by Crippen LogP contribution is -2.38. The Hall–Kier alpha value is -1.42. The van der Waals surface area contributed by atoms with Crippen LogP contribution < -0.4 is 15.4 Å². The number of ether oxygens (including phenoxy) is 1. The number of nitrogens with zero attached hydrogens (tertiary/aromatic N) is 1. The molecule has 1 fully saturated rings. The third-order valence-corrected chi connectivity index (χ3v) is 2.94. The van der Waals surface area contributed by atoms with Crippen LogP contribution in [0.3, 0.4) is 0 Å². The highest BCUT2D eigenvalue weighted by Gasteiger charge is 2.20. The van der Waals surface area contributed by atoms with Crippen molar-refractivity contribution in [2.45, 2.75) is 18.9 Å². The summed E-state index contributed by atoms with van der Waals surface area (Å²) >= 11 is 0. The Morgan fingerprint density at radius 3 is 3.00 bits per heavy atom. The Balaban J connectivity index is 2.24. The van der Waals surface area contributed by atoms with Crippen molar-refractivity contribution >= 4 is 11.4 Å². The third-order valence-electron chi connectivity index (χ3n) is 2.94. The molecule has 1 aliphatic rings. The molecule has 1 saturated heterocycles. The van der Waals surface area contributed by atoms with E-state index in [1.807, 2.05) is 18.2 Å². The summed E-state index contributed by atoms with van der Waals surface area (Å²) in [5.74, 6) is 0.772. The number of rotatable bonds is 2. The van der Waals surface area contributed by atoms with E-state index in [9.17, 15) is 5.11 Å². The maximum absolute atomic E-state index is 9.65. The molecule has 4 heteroatoms. The van der Waals surface area contributed by atoms with Gasteiger partial charge in [0.15, 0.2) is 0 Å². The first-order valence-electron chi connectivity index (χ1n) is 5.57. The highest BCUT2D eigenvalue weighted by atomic mass is 16.5. The van der Waals surface area contributed by atoms with E-state index < -0.39 is 0 Å². The molecule has 1 aliphatic heterocycles. The molecule has 2 rings (SSSR count). The quantitative estimate of drug-likeness (QED) is 0.739. The molecule has 0 unspecified atom stereocenters. The fourth-order valence-electron chi connectivity index (χ4n) is 2.13. The van der Waals surface area contributed by atoms with Gasteiger partial charge < -0.3 is 20.5 Å². The minimum atomic E-state index is -0.240. The van der Waals surface area contributed by atoms with E-state index in [0.717, 1.165) is 30.8 Å². The number of nitrogen functional groups attached to an aromatic ring is 1. The van der Waals surface area contributed by atoms with Crippen LogP contribution in [0.2, 0.25) is 0 Å². The van der Waals surface area contributed by atoms with Gasteiger partial charge in [0.25, 0.3) is 0 Å². The third kappa shape index (κ3) is 2.22. The molecule has 1 aromatic carbocycles. The lowest BCUT2D eigenvalue weighted by Gasteiger charge is -2.32. The first kappa shape index (κ1) is 11.1. The smallest absolute Gasteiger partial charge is 0.144 e. The van der Waals surface area contributed by atoms with E-state index in [1.54, 1.807) is 7.11 Å². The molecule has 0 radical (unpaired) electrons. The summed E-state index contributed by atoms with van der Waals surface area (Å²) in [5.41, 5.74) is 7.41. The fourth-order valence-corrected chi connectivity index (χ4v) is 2.13. The molecule has 1 atom stereocenters. The number of hydrogen-bond acceptors (Lipinski definition) is 4. The monoisotopic (exact) mass is 222 g/mol. The molecule has 0 aliphatic carbocycles. The van der Waals surface area contributed by atoms with Crippen LogP contribution in [0.1, 0.15) is 12.8 Å². The first-order chi connectivity index (χ1) is 7.70. The van der Waals surface area contributed by atoms with Gasteiger partial charge in [0.2, 0.25) is 0 Å². The molecule has 1 aromatic rings. The second kappa shape index (κ2) is 4.61. The Bertz CT molecular complexity index is 368. The van der Waals surface area contributed by atoms with Crippen LogP contribution in [-0.2, 0) is 0 Å². The van der Waals surface area contributed by atoms with Gasteiger partial charge in [-0.15, -0.1) is 0 Å². The summed E-state index contributed by atoms with van der Waals surface area (Å²) in [6, 6.07) is 5.63. The Kier molecular flexibility index (Phi) is 3.19. The van der Waals surface area contributed by atoms with Crippen LogP contribution in [0.5, 0.6) is 5.75 Å². The zero-order chi connectivity index (χ0) is 11.5. The highest BCUT2D eigenvalue weighted by Crippen LogP contribution is 2.32. The molecule has 4 nitrogen and oxygen atoms in total. The number of methoxy groups -OCH3 is 1. The van der Waals surface area contributed by atoms with Crippen LogP contribution in [-0.4, -0.2) is 31.4 Å². The van der Waals surface area contributed by atoms with E-state index in [4.69, 9.17) is 10.5 Å². The molecule has 1 heterocycles. The standard InChI is InChI=1S/C12H18N2O2/c1-16-12-7-9(13)4-5-11(12)14-6-2-3-10(15)8-14/h4-5,7,10,15H,2-3,6,8,13H2,1H3/t10-/m1/s1. The van der Waals surface area contributed by atoms with Gasteiger partial charge >= 0.3 is 0 Å². The predicted octanol–water partition coefficient (Wildman–Crippen LogP) is 1.24. The number of nitrogens with two attached hydrogens (primary N) is 1. The van der Waals surface area contributed by atoms with Gasteiger partial charge in [0, 0.05) is 24.8 Å². The van der Waals surface area contributed by atoms with Crippen LogP contribution >= 0.6 is 0 Å². The maximum Gasteiger partial charge on any atom is 0.144 e. The van der Waals surface area contributed by atoms with Crippen molar-refractivity contribution in [3.8, 4) is 5.75 Å². The molecule has 0 spiro atoms. The van der Waals surface area contributed by atoms with Crippen LogP contribution in [0.4, 0.5) is 11.4 Å². The van der Waals surface area contributed by atoms with Gasteiger partial charge in [0.05, 0.1) is 18.9 Å². The van der Waals surface area contributed by atoms with E-state index in [-0.39, 0.29) is 6.10 Å². The van der Waals surface area contributed by atoms with Gasteiger partial charge in [-0.25, -0.2) is 0 Å². The van der Waals surface area contributed by atoms with Gasteiger partial charge in [-0.05, 0) is 25.0 Å². The minimum Gasteiger partial charge on any atom is -0.495 e. The minimum absolute atomic E-state index is 0.240. The normalized spacial score (nSPS) is 20.9. The van der Waals surface area contributed by atoms with Crippen LogP contribution in [0, 0.1) is 0 Å². The molecule has 16 heavy (non-hydrogen) atoms. The zero-order valence-electron chi connectivity index (χ0n) is 9.52. The van der Waals surface area contributed by atoms with Crippen molar-refractivity contribution in [2.75, 3.05) is 30.8 Å². The number of aliphatic hydroxyl groups excluding tert-OH is 1. The van der Waals surface area contributed by atoms with Crippen molar-refractivity contribution < 1.29 is 9.84 Å².